The van der Waals surface area contributed by atoms with Gasteiger partial charge < -0.3 is 14.6 Å². The molecule has 0 aromatic heterocycles. The van der Waals surface area contributed by atoms with E-state index in [1.807, 2.05) is 0 Å². The van der Waals surface area contributed by atoms with E-state index in [1.165, 1.54) is 289 Å². The monoisotopic (exact) mass is 1090 g/mol. The van der Waals surface area contributed by atoms with E-state index < -0.39 is 6.10 Å². The molecule has 0 aliphatic carbocycles. The van der Waals surface area contributed by atoms with Crippen molar-refractivity contribution in [2.24, 2.45) is 0 Å². The lowest BCUT2D eigenvalue weighted by Crippen LogP contribution is -2.28. The van der Waals surface area contributed by atoms with Gasteiger partial charge in [0.05, 0.1) is 6.61 Å². The summed E-state index contributed by atoms with van der Waals surface area (Å²) in [6.45, 7) is 4.16. The molecule has 0 aliphatic rings. The Hall–Kier alpha value is -2.40. The first kappa shape index (κ1) is 75.6. The smallest absolute Gasteiger partial charge is 0.306 e. The van der Waals surface area contributed by atoms with Crippen LogP contribution in [0, 0.1) is 0 Å². The van der Waals surface area contributed by atoms with Crippen molar-refractivity contribution < 1.29 is 24.2 Å². The third-order valence-electron chi connectivity index (χ3n) is 15.8. The third-order valence-corrected chi connectivity index (χ3v) is 15.8. The summed E-state index contributed by atoms with van der Waals surface area (Å²) in [4.78, 5) is 24.6. The van der Waals surface area contributed by atoms with Crippen molar-refractivity contribution in [1.82, 2.24) is 0 Å². The molecule has 5 heteroatoms. The Morgan fingerprint density at radius 2 is 0.513 bits per heavy atom. The number of carbonyl (C=O) groups is 2. The number of aliphatic hydroxyl groups is 1. The molecule has 0 bridgehead atoms. The quantitative estimate of drug-likeness (QED) is 0.0373. The first-order chi connectivity index (χ1) is 38.6. The number of hydrogen-bond donors (Lipinski definition) is 1. The van der Waals surface area contributed by atoms with Gasteiger partial charge in [-0.3, -0.25) is 9.59 Å². The van der Waals surface area contributed by atoms with E-state index in [1.54, 1.807) is 0 Å². The Morgan fingerprint density at radius 1 is 0.295 bits per heavy atom. The molecular formula is C73H134O5. The van der Waals surface area contributed by atoms with Crippen molar-refractivity contribution in [3.05, 3.63) is 60.8 Å². The van der Waals surface area contributed by atoms with Crippen molar-refractivity contribution in [2.45, 2.75) is 380 Å². The van der Waals surface area contributed by atoms with Crippen LogP contribution in [0.3, 0.4) is 0 Å². The zero-order chi connectivity index (χ0) is 56.2. The second kappa shape index (κ2) is 68.9. The van der Waals surface area contributed by atoms with Gasteiger partial charge in [-0.05, 0) is 83.5 Å². The maximum Gasteiger partial charge on any atom is 0.306 e. The summed E-state index contributed by atoms with van der Waals surface area (Å²) in [6.07, 6.45) is 94.0. The first-order valence-corrected chi connectivity index (χ1v) is 34.8. The van der Waals surface area contributed by atoms with Gasteiger partial charge in [0.15, 0.2) is 6.10 Å². The highest BCUT2D eigenvalue weighted by Gasteiger charge is 2.16. The first-order valence-electron chi connectivity index (χ1n) is 34.8. The molecule has 0 heterocycles. The van der Waals surface area contributed by atoms with Gasteiger partial charge in [0.2, 0.25) is 0 Å². The van der Waals surface area contributed by atoms with Crippen molar-refractivity contribution in [3.8, 4) is 0 Å². The molecule has 1 unspecified atom stereocenters. The zero-order valence-corrected chi connectivity index (χ0v) is 52.4. The summed E-state index contributed by atoms with van der Waals surface area (Å²) >= 11 is 0. The molecule has 0 amide bonds. The van der Waals surface area contributed by atoms with Crippen LogP contribution < -0.4 is 0 Å². The van der Waals surface area contributed by atoms with E-state index in [-0.39, 0.29) is 25.2 Å². The maximum atomic E-state index is 12.4. The number of rotatable bonds is 65. The molecule has 78 heavy (non-hydrogen) atoms. The molecule has 1 atom stereocenters. The topological polar surface area (TPSA) is 72.8 Å². The van der Waals surface area contributed by atoms with Crippen LogP contribution in [-0.4, -0.2) is 36.4 Å². The molecule has 0 rings (SSSR count). The number of esters is 2. The molecule has 0 saturated heterocycles. The van der Waals surface area contributed by atoms with Crippen LogP contribution in [0.4, 0.5) is 0 Å². The minimum atomic E-state index is -0.774. The van der Waals surface area contributed by atoms with Gasteiger partial charge in [-0.2, -0.15) is 0 Å². The van der Waals surface area contributed by atoms with Crippen molar-refractivity contribution >= 4 is 11.9 Å². The van der Waals surface area contributed by atoms with E-state index in [2.05, 4.69) is 74.6 Å². The highest BCUT2D eigenvalue weighted by molar-refractivity contribution is 5.70. The number of hydrogen-bond acceptors (Lipinski definition) is 5. The van der Waals surface area contributed by atoms with Crippen molar-refractivity contribution in [1.29, 1.82) is 0 Å². The van der Waals surface area contributed by atoms with E-state index >= 15 is 0 Å². The summed E-state index contributed by atoms with van der Waals surface area (Å²) in [5.74, 6) is -0.575. The molecule has 0 aromatic carbocycles. The molecule has 1 N–H and O–H groups in total. The maximum absolute atomic E-state index is 12.4. The second-order valence-electron chi connectivity index (χ2n) is 23.6. The summed E-state index contributed by atoms with van der Waals surface area (Å²) in [6, 6.07) is 0. The Morgan fingerprint density at radius 3 is 0.769 bits per heavy atom. The number of unbranched alkanes of at least 4 members (excludes halogenated alkanes) is 47. The van der Waals surface area contributed by atoms with Gasteiger partial charge in [-0.25, -0.2) is 0 Å². The van der Waals surface area contributed by atoms with E-state index in [0.29, 0.717) is 12.8 Å². The van der Waals surface area contributed by atoms with Crippen molar-refractivity contribution in [3.63, 3.8) is 0 Å². The highest BCUT2D eigenvalue weighted by atomic mass is 16.6. The average Bonchev–Trinajstić information content (AvgIpc) is 3.44. The van der Waals surface area contributed by atoms with Gasteiger partial charge in [0.1, 0.15) is 6.61 Å². The predicted octanol–water partition coefficient (Wildman–Crippen LogP) is 24.1. The lowest BCUT2D eigenvalue weighted by Gasteiger charge is -2.15. The molecule has 0 aliphatic heterocycles. The molecular weight excluding hydrogens is 957 g/mol. The Kier molecular flexibility index (Phi) is 66.8. The van der Waals surface area contributed by atoms with Crippen LogP contribution in [0.25, 0.3) is 0 Å². The standard InChI is InChI=1S/C73H134O5/c1-3-5-7-9-11-13-15-17-19-21-23-25-27-29-31-32-33-34-35-36-37-38-39-40-42-43-45-47-49-51-53-55-57-59-61-63-65-67-72(75)77-70-71(69-74)78-73(76)68-66-64-62-60-58-56-54-52-50-48-46-44-41-30-28-26-24-22-20-18-16-14-12-10-8-6-4-2/h15-18,21-24,28,30,71,74H,3-14,19-20,25-27,29,31-70H2,1-2H3/b17-15-,18-16-,23-21-,24-22-,30-28-. The van der Waals surface area contributed by atoms with E-state index in [4.69, 9.17) is 9.47 Å². The third kappa shape index (κ3) is 66.1. The summed E-state index contributed by atoms with van der Waals surface area (Å²) in [5, 5.41) is 9.70. The summed E-state index contributed by atoms with van der Waals surface area (Å²) in [5.41, 5.74) is 0. The van der Waals surface area contributed by atoms with E-state index in [9.17, 15) is 14.7 Å². The highest BCUT2D eigenvalue weighted by Crippen LogP contribution is 2.18. The van der Waals surface area contributed by atoms with Gasteiger partial charge in [0, 0.05) is 12.8 Å². The lowest BCUT2D eigenvalue weighted by atomic mass is 10.0. The summed E-state index contributed by atoms with van der Waals surface area (Å²) in [7, 11) is 0. The normalized spacial score (nSPS) is 12.5. The fraction of sp³-hybridized carbons (Fsp3) is 0.836. The average molecular weight is 1090 g/mol. The van der Waals surface area contributed by atoms with E-state index in [0.717, 1.165) is 57.8 Å². The summed E-state index contributed by atoms with van der Waals surface area (Å²) < 4.78 is 10.8. The molecule has 0 radical (unpaired) electrons. The van der Waals surface area contributed by atoms with Crippen LogP contribution in [0.5, 0.6) is 0 Å². The largest absolute Gasteiger partial charge is 0.462 e. The van der Waals surface area contributed by atoms with Crippen LogP contribution in [0.2, 0.25) is 0 Å². The van der Waals surface area contributed by atoms with Gasteiger partial charge >= 0.3 is 11.9 Å². The Bertz CT molecular complexity index is 1330. The van der Waals surface area contributed by atoms with Crippen LogP contribution >= 0.6 is 0 Å². The second-order valence-corrected chi connectivity index (χ2v) is 23.6. The Labute approximate surface area is 487 Å². The van der Waals surface area contributed by atoms with Gasteiger partial charge in [-0.15, -0.1) is 0 Å². The zero-order valence-electron chi connectivity index (χ0n) is 52.4. The predicted molar refractivity (Wildman–Crippen MR) is 344 cm³/mol. The number of aliphatic hydroxyl groups excluding tert-OH is 1. The fourth-order valence-electron chi connectivity index (χ4n) is 10.5. The molecule has 5 nitrogen and oxygen atoms in total. The van der Waals surface area contributed by atoms with Crippen molar-refractivity contribution in [2.75, 3.05) is 13.2 Å². The molecule has 0 saturated carbocycles. The lowest BCUT2D eigenvalue weighted by molar-refractivity contribution is -0.161. The number of ether oxygens (including phenoxy) is 2. The van der Waals surface area contributed by atoms with Crippen LogP contribution in [0.15, 0.2) is 60.8 Å². The van der Waals surface area contributed by atoms with Crippen LogP contribution in [0.1, 0.15) is 373 Å². The van der Waals surface area contributed by atoms with Crippen LogP contribution in [-0.2, 0) is 19.1 Å². The Balaban J connectivity index is 3.40. The minimum absolute atomic E-state index is 0.0632. The number of carbonyl (C=O) groups excluding carboxylic acids is 2. The van der Waals surface area contributed by atoms with Gasteiger partial charge in [0.25, 0.3) is 0 Å². The molecule has 0 fully saturated rings. The molecule has 0 spiro atoms. The minimum Gasteiger partial charge on any atom is -0.462 e. The fourth-order valence-corrected chi connectivity index (χ4v) is 10.5. The SMILES string of the molecule is CCCCCCC/C=C\C/C=C\C/C=C\CCCCCCCCCCCCCCC(=O)OC(CO)COC(=O)CCCCCCCCCCCCCCCCCCCCCCCCCCC/C=C\C/C=C\CCCCCCC. The molecule has 0 aromatic rings. The molecule has 456 valence electrons. The number of allylic oxidation sites excluding steroid dienone is 10. The van der Waals surface area contributed by atoms with Gasteiger partial charge in [-0.1, -0.05) is 338 Å².